The van der Waals surface area contributed by atoms with Gasteiger partial charge < -0.3 is 10.5 Å². The molecule has 4 heteroatoms. The summed E-state index contributed by atoms with van der Waals surface area (Å²) >= 11 is 7.00. The van der Waals surface area contributed by atoms with Crippen LogP contribution < -0.4 is 10.5 Å². The number of benzene rings is 1. The van der Waals surface area contributed by atoms with E-state index in [1.165, 1.54) is 0 Å². The van der Waals surface area contributed by atoms with E-state index in [-0.39, 0.29) is 0 Å². The third kappa shape index (κ3) is 4.82. The highest BCUT2D eigenvalue weighted by atomic mass is 79.9. The normalized spacial score (nSPS) is 11.1. The second-order valence-electron chi connectivity index (χ2n) is 3.63. The van der Waals surface area contributed by atoms with Crippen LogP contribution in [-0.4, -0.2) is 13.2 Å². The Bertz CT molecular complexity index is 391. The van der Waals surface area contributed by atoms with Crippen LogP contribution >= 0.6 is 31.9 Å². The van der Waals surface area contributed by atoms with E-state index in [1.54, 1.807) is 0 Å². The molecule has 17 heavy (non-hydrogen) atoms. The number of halogens is 2. The van der Waals surface area contributed by atoms with Crippen LogP contribution in [-0.2, 0) is 0 Å². The molecule has 0 aliphatic carbocycles. The molecular weight excluding hydrogens is 346 g/mol. The maximum absolute atomic E-state index is 5.75. The van der Waals surface area contributed by atoms with Gasteiger partial charge in [-0.25, -0.2) is 0 Å². The van der Waals surface area contributed by atoms with Crippen LogP contribution in [0.25, 0.3) is 6.08 Å². The standard InChI is InChI=1S/C13H17Br2NO/c1-2-7-17-13-10(5-3-4-6-16)8-11(14)9-12(13)15/h3,5,8-9H,2,4,6-7,16H2,1H3. The Morgan fingerprint density at radius 3 is 2.76 bits per heavy atom. The van der Waals surface area contributed by atoms with Gasteiger partial charge >= 0.3 is 0 Å². The Morgan fingerprint density at radius 2 is 2.12 bits per heavy atom. The monoisotopic (exact) mass is 361 g/mol. The molecule has 0 saturated carbocycles. The number of ether oxygens (including phenoxy) is 1. The van der Waals surface area contributed by atoms with Crippen molar-refractivity contribution in [1.82, 2.24) is 0 Å². The molecule has 1 aromatic carbocycles. The van der Waals surface area contributed by atoms with Gasteiger partial charge in [-0.05, 0) is 47.4 Å². The van der Waals surface area contributed by atoms with E-state index >= 15 is 0 Å². The zero-order valence-electron chi connectivity index (χ0n) is 9.88. The molecule has 0 fully saturated rings. The fourth-order valence-electron chi connectivity index (χ4n) is 1.37. The van der Waals surface area contributed by atoms with E-state index in [9.17, 15) is 0 Å². The average Bonchev–Trinajstić information content (AvgIpc) is 2.28. The van der Waals surface area contributed by atoms with Crippen LogP contribution in [0.15, 0.2) is 27.2 Å². The van der Waals surface area contributed by atoms with E-state index < -0.39 is 0 Å². The number of rotatable bonds is 6. The van der Waals surface area contributed by atoms with Crippen LogP contribution in [0.5, 0.6) is 5.75 Å². The molecule has 0 aliphatic heterocycles. The molecular formula is C13H17Br2NO. The molecule has 1 rings (SSSR count). The maximum Gasteiger partial charge on any atom is 0.140 e. The summed E-state index contributed by atoms with van der Waals surface area (Å²) < 4.78 is 7.75. The molecule has 0 saturated heterocycles. The van der Waals surface area contributed by atoms with Crippen LogP contribution in [0, 0.1) is 0 Å². The van der Waals surface area contributed by atoms with Gasteiger partial charge in [0.2, 0.25) is 0 Å². The van der Waals surface area contributed by atoms with Gasteiger partial charge in [0, 0.05) is 10.0 Å². The minimum absolute atomic E-state index is 0.664. The summed E-state index contributed by atoms with van der Waals surface area (Å²) in [7, 11) is 0. The first-order valence-corrected chi connectivity index (χ1v) is 7.26. The van der Waals surface area contributed by atoms with E-state index in [2.05, 4.69) is 44.9 Å². The summed E-state index contributed by atoms with van der Waals surface area (Å²) in [5.74, 6) is 0.892. The fourth-order valence-corrected chi connectivity index (χ4v) is 2.74. The Morgan fingerprint density at radius 1 is 1.35 bits per heavy atom. The SMILES string of the molecule is CCCOc1c(Br)cc(Br)cc1C=CCCN. The second-order valence-corrected chi connectivity index (χ2v) is 5.40. The summed E-state index contributed by atoms with van der Waals surface area (Å²) in [6.07, 6.45) is 5.98. The number of hydrogen-bond donors (Lipinski definition) is 1. The molecule has 0 heterocycles. The summed E-state index contributed by atoms with van der Waals surface area (Å²) in [6.45, 7) is 3.48. The molecule has 0 radical (unpaired) electrons. The third-order valence-electron chi connectivity index (χ3n) is 2.12. The topological polar surface area (TPSA) is 35.2 Å². The van der Waals surface area contributed by atoms with Gasteiger partial charge in [0.1, 0.15) is 5.75 Å². The molecule has 0 atom stereocenters. The summed E-state index contributed by atoms with van der Waals surface area (Å²) in [5.41, 5.74) is 6.53. The molecule has 0 unspecified atom stereocenters. The molecule has 94 valence electrons. The lowest BCUT2D eigenvalue weighted by molar-refractivity contribution is 0.315. The largest absolute Gasteiger partial charge is 0.492 e. The van der Waals surface area contributed by atoms with Gasteiger partial charge in [0.05, 0.1) is 11.1 Å². The highest BCUT2D eigenvalue weighted by Crippen LogP contribution is 2.33. The van der Waals surface area contributed by atoms with Crippen molar-refractivity contribution in [2.75, 3.05) is 13.2 Å². The van der Waals surface area contributed by atoms with E-state index in [0.717, 1.165) is 39.7 Å². The molecule has 2 nitrogen and oxygen atoms in total. The quantitative estimate of drug-likeness (QED) is 0.815. The van der Waals surface area contributed by atoms with Crippen LogP contribution in [0.3, 0.4) is 0 Å². The Hall–Kier alpha value is -0.320. The van der Waals surface area contributed by atoms with Crippen molar-refractivity contribution in [2.24, 2.45) is 5.73 Å². The minimum Gasteiger partial charge on any atom is -0.492 e. The fraction of sp³-hybridized carbons (Fsp3) is 0.385. The predicted molar refractivity (Wildman–Crippen MR) is 80.3 cm³/mol. The van der Waals surface area contributed by atoms with Gasteiger partial charge in [-0.15, -0.1) is 0 Å². The highest BCUT2D eigenvalue weighted by molar-refractivity contribution is 9.11. The van der Waals surface area contributed by atoms with E-state index in [0.29, 0.717) is 6.54 Å². The molecule has 0 spiro atoms. The van der Waals surface area contributed by atoms with Gasteiger partial charge in [-0.2, -0.15) is 0 Å². The molecule has 0 amide bonds. The van der Waals surface area contributed by atoms with Crippen molar-refractivity contribution < 1.29 is 4.74 Å². The first-order valence-electron chi connectivity index (χ1n) is 5.67. The van der Waals surface area contributed by atoms with Crippen molar-refractivity contribution >= 4 is 37.9 Å². The zero-order chi connectivity index (χ0) is 12.7. The molecule has 0 bridgehead atoms. The molecule has 0 aliphatic rings. The Balaban J connectivity index is 2.97. The lowest BCUT2D eigenvalue weighted by atomic mass is 10.1. The lowest BCUT2D eigenvalue weighted by Crippen LogP contribution is -1.98. The first-order chi connectivity index (χ1) is 8.19. The lowest BCUT2D eigenvalue weighted by Gasteiger charge is -2.11. The molecule has 0 aromatic heterocycles. The van der Waals surface area contributed by atoms with Gasteiger partial charge in [-0.3, -0.25) is 0 Å². The van der Waals surface area contributed by atoms with Crippen LogP contribution in [0.1, 0.15) is 25.3 Å². The zero-order valence-corrected chi connectivity index (χ0v) is 13.1. The van der Waals surface area contributed by atoms with Crippen molar-refractivity contribution in [3.05, 3.63) is 32.7 Å². The Kier molecular flexibility index (Phi) is 6.85. The second kappa shape index (κ2) is 7.90. The smallest absolute Gasteiger partial charge is 0.140 e. The summed E-state index contributed by atoms with van der Waals surface area (Å²) in [6, 6.07) is 4.04. The average molecular weight is 363 g/mol. The van der Waals surface area contributed by atoms with Crippen molar-refractivity contribution in [2.45, 2.75) is 19.8 Å². The third-order valence-corrected chi connectivity index (χ3v) is 3.17. The van der Waals surface area contributed by atoms with Crippen molar-refractivity contribution in [1.29, 1.82) is 0 Å². The van der Waals surface area contributed by atoms with Crippen molar-refractivity contribution in [3.63, 3.8) is 0 Å². The van der Waals surface area contributed by atoms with E-state index in [4.69, 9.17) is 10.5 Å². The molecule has 2 N–H and O–H groups in total. The summed E-state index contributed by atoms with van der Waals surface area (Å²) in [5, 5.41) is 0. The molecule has 1 aromatic rings. The van der Waals surface area contributed by atoms with Crippen LogP contribution in [0.4, 0.5) is 0 Å². The summed E-state index contributed by atoms with van der Waals surface area (Å²) in [4.78, 5) is 0. The van der Waals surface area contributed by atoms with Gasteiger partial charge in [0.25, 0.3) is 0 Å². The van der Waals surface area contributed by atoms with Gasteiger partial charge in [0.15, 0.2) is 0 Å². The maximum atomic E-state index is 5.75. The first kappa shape index (κ1) is 14.7. The number of nitrogens with two attached hydrogens (primary N) is 1. The van der Waals surface area contributed by atoms with Crippen molar-refractivity contribution in [3.8, 4) is 5.75 Å². The van der Waals surface area contributed by atoms with E-state index in [1.807, 2.05) is 18.2 Å². The number of hydrogen-bond acceptors (Lipinski definition) is 2. The van der Waals surface area contributed by atoms with Gasteiger partial charge in [-0.1, -0.05) is 35.0 Å². The predicted octanol–water partition coefficient (Wildman–Crippen LogP) is 4.36. The Labute approximate surface area is 119 Å². The minimum atomic E-state index is 0.664. The van der Waals surface area contributed by atoms with Crippen LogP contribution in [0.2, 0.25) is 0 Å². The highest BCUT2D eigenvalue weighted by Gasteiger charge is 2.07.